The van der Waals surface area contributed by atoms with Crippen molar-refractivity contribution in [1.29, 1.82) is 0 Å². The summed E-state index contributed by atoms with van der Waals surface area (Å²) in [6, 6.07) is 17.9. The van der Waals surface area contributed by atoms with Crippen molar-refractivity contribution in [3.8, 4) is 0 Å². The molecule has 0 aliphatic rings. The van der Waals surface area contributed by atoms with E-state index in [-0.39, 0.29) is 5.91 Å². The Hall–Kier alpha value is -1.45. The van der Waals surface area contributed by atoms with Gasteiger partial charge in [0, 0.05) is 17.3 Å². The lowest BCUT2D eigenvalue weighted by Gasteiger charge is -2.06. The van der Waals surface area contributed by atoms with E-state index in [1.54, 1.807) is 11.8 Å². The SMILES string of the molecule is O=C(CSCc1ccccc1Cl)NCCc1ccccc1. The zero-order chi connectivity index (χ0) is 14.9. The Labute approximate surface area is 134 Å². The van der Waals surface area contributed by atoms with E-state index in [4.69, 9.17) is 11.6 Å². The van der Waals surface area contributed by atoms with Crippen LogP contribution < -0.4 is 5.32 Å². The zero-order valence-electron chi connectivity index (χ0n) is 11.7. The summed E-state index contributed by atoms with van der Waals surface area (Å²) in [6.45, 7) is 0.676. The topological polar surface area (TPSA) is 29.1 Å². The summed E-state index contributed by atoms with van der Waals surface area (Å²) in [7, 11) is 0. The normalized spacial score (nSPS) is 10.3. The van der Waals surface area contributed by atoms with Crippen LogP contribution in [-0.2, 0) is 17.0 Å². The van der Waals surface area contributed by atoms with Crippen molar-refractivity contribution in [3.05, 3.63) is 70.7 Å². The summed E-state index contributed by atoms with van der Waals surface area (Å²) in [5.41, 5.74) is 2.31. The van der Waals surface area contributed by atoms with Crippen molar-refractivity contribution < 1.29 is 4.79 Å². The van der Waals surface area contributed by atoms with E-state index >= 15 is 0 Å². The second kappa shape index (κ2) is 8.75. The second-order valence-corrected chi connectivity index (χ2v) is 6.06. The first-order valence-corrected chi connectivity index (χ1v) is 8.41. The molecule has 0 atom stereocenters. The number of benzene rings is 2. The number of rotatable bonds is 7. The maximum absolute atomic E-state index is 11.7. The molecule has 2 aromatic carbocycles. The number of amides is 1. The molecule has 110 valence electrons. The molecule has 0 spiro atoms. The van der Waals surface area contributed by atoms with E-state index in [9.17, 15) is 4.79 Å². The summed E-state index contributed by atoms with van der Waals surface area (Å²) < 4.78 is 0. The zero-order valence-corrected chi connectivity index (χ0v) is 13.3. The van der Waals surface area contributed by atoms with Gasteiger partial charge in [-0.25, -0.2) is 0 Å². The lowest BCUT2D eigenvalue weighted by molar-refractivity contribution is -0.118. The summed E-state index contributed by atoms with van der Waals surface area (Å²) >= 11 is 7.66. The van der Waals surface area contributed by atoms with Crippen LogP contribution in [0.2, 0.25) is 5.02 Å². The van der Waals surface area contributed by atoms with Crippen LogP contribution in [0.15, 0.2) is 54.6 Å². The Morgan fingerprint density at radius 2 is 1.76 bits per heavy atom. The van der Waals surface area contributed by atoms with E-state index < -0.39 is 0 Å². The number of carbonyl (C=O) groups excluding carboxylic acids is 1. The molecule has 0 bridgehead atoms. The monoisotopic (exact) mass is 319 g/mol. The van der Waals surface area contributed by atoms with Crippen LogP contribution in [0, 0.1) is 0 Å². The molecule has 0 saturated carbocycles. The number of nitrogens with one attached hydrogen (secondary N) is 1. The highest BCUT2D eigenvalue weighted by atomic mass is 35.5. The van der Waals surface area contributed by atoms with E-state index in [1.807, 2.05) is 42.5 Å². The van der Waals surface area contributed by atoms with Gasteiger partial charge in [0.15, 0.2) is 0 Å². The van der Waals surface area contributed by atoms with Gasteiger partial charge in [-0.1, -0.05) is 60.1 Å². The molecule has 2 rings (SSSR count). The van der Waals surface area contributed by atoms with E-state index in [1.165, 1.54) is 5.56 Å². The lowest BCUT2D eigenvalue weighted by atomic mass is 10.1. The molecule has 0 fully saturated rings. The Bertz CT molecular complexity index is 574. The third-order valence-electron chi connectivity index (χ3n) is 3.03. The molecule has 0 aliphatic carbocycles. The molecular formula is C17H18ClNOS. The largest absolute Gasteiger partial charge is 0.355 e. The Kier molecular flexibility index (Phi) is 6.64. The van der Waals surface area contributed by atoms with Crippen molar-refractivity contribution in [2.24, 2.45) is 0 Å². The van der Waals surface area contributed by atoms with Crippen molar-refractivity contribution in [1.82, 2.24) is 5.32 Å². The van der Waals surface area contributed by atoms with Crippen LogP contribution in [0.4, 0.5) is 0 Å². The number of hydrogen-bond acceptors (Lipinski definition) is 2. The van der Waals surface area contributed by atoms with Crippen LogP contribution in [0.1, 0.15) is 11.1 Å². The predicted octanol–water partition coefficient (Wildman–Crippen LogP) is 3.93. The molecule has 1 amide bonds. The molecule has 2 nitrogen and oxygen atoms in total. The number of halogens is 1. The maximum atomic E-state index is 11.7. The quantitative estimate of drug-likeness (QED) is 0.837. The number of hydrogen-bond donors (Lipinski definition) is 1. The van der Waals surface area contributed by atoms with Crippen LogP contribution in [0.25, 0.3) is 0 Å². The van der Waals surface area contributed by atoms with Gasteiger partial charge in [0.1, 0.15) is 0 Å². The highest BCUT2D eigenvalue weighted by molar-refractivity contribution is 7.99. The predicted molar refractivity (Wildman–Crippen MR) is 90.8 cm³/mol. The fraction of sp³-hybridized carbons (Fsp3) is 0.235. The van der Waals surface area contributed by atoms with Gasteiger partial charge in [0.25, 0.3) is 0 Å². The third kappa shape index (κ3) is 5.82. The molecule has 0 aliphatic heterocycles. The minimum absolute atomic E-state index is 0.0722. The van der Waals surface area contributed by atoms with Gasteiger partial charge in [0.05, 0.1) is 5.75 Å². The van der Waals surface area contributed by atoms with E-state index in [0.717, 1.165) is 22.8 Å². The van der Waals surface area contributed by atoms with Gasteiger partial charge in [0.2, 0.25) is 5.91 Å². The van der Waals surface area contributed by atoms with Gasteiger partial charge in [-0.2, -0.15) is 0 Å². The summed E-state index contributed by atoms with van der Waals surface area (Å²) in [5.74, 6) is 1.29. The molecule has 21 heavy (non-hydrogen) atoms. The Morgan fingerprint density at radius 1 is 1.05 bits per heavy atom. The maximum Gasteiger partial charge on any atom is 0.230 e. The molecule has 0 heterocycles. The van der Waals surface area contributed by atoms with Crippen molar-refractivity contribution >= 4 is 29.3 Å². The Morgan fingerprint density at radius 3 is 2.52 bits per heavy atom. The molecule has 0 aromatic heterocycles. The highest BCUT2D eigenvalue weighted by Gasteiger charge is 2.03. The minimum Gasteiger partial charge on any atom is -0.355 e. The van der Waals surface area contributed by atoms with Gasteiger partial charge < -0.3 is 5.32 Å². The summed E-state index contributed by atoms with van der Waals surface area (Å²) in [6.07, 6.45) is 0.863. The van der Waals surface area contributed by atoms with Crippen LogP contribution in [0.5, 0.6) is 0 Å². The average molecular weight is 320 g/mol. The highest BCUT2D eigenvalue weighted by Crippen LogP contribution is 2.20. The lowest BCUT2D eigenvalue weighted by Crippen LogP contribution is -2.27. The standard InChI is InChI=1S/C17H18ClNOS/c18-16-9-5-4-8-15(16)12-21-13-17(20)19-11-10-14-6-2-1-3-7-14/h1-9H,10-13H2,(H,19,20). The van der Waals surface area contributed by atoms with Crippen LogP contribution in [-0.4, -0.2) is 18.2 Å². The molecule has 1 N–H and O–H groups in total. The van der Waals surface area contributed by atoms with Gasteiger partial charge in [-0.15, -0.1) is 11.8 Å². The fourth-order valence-electron chi connectivity index (χ4n) is 1.91. The molecule has 2 aromatic rings. The second-order valence-electron chi connectivity index (χ2n) is 4.67. The molecule has 0 unspecified atom stereocenters. The molecule has 4 heteroatoms. The Balaban J connectivity index is 1.63. The third-order valence-corrected chi connectivity index (χ3v) is 4.38. The summed E-state index contributed by atoms with van der Waals surface area (Å²) in [4.78, 5) is 11.7. The van der Waals surface area contributed by atoms with Crippen molar-refractivity contribution in [2.45, 2.75) is 12.2 Å². The van der Waals surface area contributed by atoms with Gasteiger partial charge in [-0.05, 0) is 23.6 Å². The van der Waals surface area contributed by atoms with Crippen LogP contribution >= 0.6 is 23.4 Å². The van der Waals surface area contributed by atoms with Crippen molar-refractivity contribution in [2.75, 3.05) is 12.3 Å². The van der Waals surface area contributed by atoms with Gasteiger partial charge >= 0.3 is 0 Å². The summed E-state index contributed by atoms with van der Waals surface area (Å²) in [5, 5.41) is 3.70. The van der Waals surface area contributed by atoms with E-state index in [0.29, 0.717) is 12.3 Å². The molecule has 0 radical (unpaired) electrons. The molecular weight excluding hydrogens is 302 g/mol. The van der Waals surface area contributed by atoms with E-state index in [2.05, 4.69) is 17.4 Å². The molecule has 0 saturated heterocycles. The first-order chi connectivity index (χ1) is 10.3. The van der Waals surface area contributed by atoms with Crippen molar-refractivity contribution in [3.63, 3.8) is 0 Å². The number of carbonyl (C=O) groups is 1. The minimum atomic E-state index is 0.0722. The van der Waals surface area contributed by atoms with Crippen LogP contribution in [0.3, 0.4) is 0 Å². The fourth-order valence-corrected chi connectivity index (χ4v) is 3.05. The van der Waals surface area contributed by atoms with Gasteiger partial charge in [-0.3, -0.25) is 4.79 Å². The first-order valence-electron chi connectivity index (χ1n) is 6.87. The average Bonchev–Trinajstić information content (AvgIpc) is 2.50. The smallest absolute Gasteiger partial charge is 0.230 e. The number of thioether (sulfide) groups is 1. The first kappa shape index (κ1) is 15.9.